The maximum atomic E-state index is 10.3. The van der Waals surface area contributed by atoms with E-state index in [4.69, 9.17) is 4.74 Å². The summed E-state index contributed by atoms with van der Waals surface area (Å²) in [4.78, 5) is 10.3. The van der Waals surface area contributed by atoms with Gasteiger partial charge in [0, 0.05) is 0 Å². The molecular weight excluding hydrogens is 176 g/mol. The lowest BCUT2D eigenvalue weighted by molar-refractivity contribution is -0.115. The Morgan fingerprint density at radius 3 is 3.14 bits per heavy atom. The highest BCUT2D eigenvalue weighted by Gasteiger charge is 2.52. The zero-order valence-electron chi connectivity index (χ0n) is 8.26. The fourth-order valence-electron chi connectivity index (χ4n) is 3.84. The minimum Gasteiger partial charge on any atom is -0.370 e. The fraction of sp³-hybridized carbons (Fsp3) is 0.750. The molecule has 2 saturated carbocycles. The third-order valence-electron chi connectivity index (χ3n) is 4.33. The summed E-state index contributed by atoms with van der Waals surface area (Å²) in [5.41, 5.74) is 0. The van der Waals surface area contributed by atoms with Crippen LogP contribution in [0.1, 0.15) is 19.3 Å². The monoisotopic (exact) mass is 192 g/mol. The Morgan fingerprint density at radius 1 is 1.36 bits per heavy atom. The van der Waals surface area contributed by atoms with Crippen molar-refractivity contribution in [2.75, 3.05) is 6.61 Å². The first kappa shape index (κ1) is 8.66. The van der Waals surface area contributed by atoms with Gasteiger partial charge in [0.1, 0.15) is 12.9 Å². The van der Waals surface area contributed by atoms with E-state index < -0.39 is 0 Å². The van der Waals surface area contributed by atoms with Gasteiger partial charge in [0.15, 0.2) is 0 Å². The molecule has 0 amide bonds. The van der Waals surface area contributed by atoms with Crippen LogP contribution in [0, 0.1) is 23.7 Å². The van der Waals surface area contributed by atoms with Crippen LogP contribution in [0.15, 0.2) is 12.2 Å². The summed E-state index contributed by atoms with van der Waals surface area (Å²) >= 11 is 0. The standard InChI is InChI=1S/C12H16O2/c13-4-5-14-12-7-8-6-11(12)10-3-1-2-9(8)10/h1,3-4,8-12H,2,5-7H2. The van der Waals surface area contributed by atoms with E-state index in [1.165, 1.54) is 19.3 Å². The van der Waals surface area contributed by atoms with Crippen molar-refractivity contribution < 1.29 is 9.53 Å². The highest BCUT2D eigenvalue weighted by Crippen LogP contribution is 2.57. The van der Waals surface area contributed by atoms with Crippen LogP contribution in [0.4, 0.5) is 0 Å². The Bertz CT molecular complexity index is 271. The molecule has 2 nitrogen and oxygen atoms in total. The molecule has 0 heterocycles. The molecule has 2 heteroatoms. The minimum atomic E-state index is 0.287. The maximum Gasteiger partial charge on any atom is 0.145 e. The van der Waals surface area contributed by atoms with E-state index in [0.29, 0.717) is 12.0 Å². The lowest BCUT2D eigenvalue weighted by Gasteiger charge is -2.30. The third-order valence-corrected chi connectivity index (χ3v) is 4.33. The molecule has 0 aliphatic heterocycles. The zero-order chi connectivity index (χ0) is 9.54. The van der Waals surface area contributed by atoms with Gasteiger partial charge in [-0.25, -0.2) is 0 Å². The van der Waals surface area contributed by atoms with Crippen molar-refractivity contribution in [2.45, 2.75) is 25.4 Å². The van der Waals surface area contributed by atoms with Crippen LogP contribution < -0.4 is 0 Å². The first-order chi connectivity index (χ1) is 6.90. The van der Waals surface area contributed by atoms with E-state index in [-0.39, 0.29) is 6.61 Å². The molecule has 76 valence electrons. The van der Waals surface area contributed by atoms with Gasteiger partial charge in [0.25, 0.3) is 0 Å². The molecule has 0 aromatic carbocycles. The predicted molar refractivity (Wildman–Crippen MR) is 52.8 cm³/mol. The minimum absolute atomic E-state index is 0.287. The molecule has 0 radical (unpaired) electrons. The number of aldehydes is 1. The molecule has 3 rings (SSSR count). The van der Waals surface area contributed by atoms with Crippen molar-refractivity contribution >= 4 is 6.29 Å². The summed E-state index contributed by atoms with van der Waals surface area (Å²) in [5.74, 6) is 3.27. The van der Waals surface area contributed by atoms with Crippen LogP contribution in [0.3, 0.4) is 0 Å². The van der Waals surface area contributed by atoms with Crippen LogP contribution >= 0.6 is 0 Å². The number of ether oxygens (including phenoxy) is 1. The number of fused-ring (bicyclic) bond motifs is 5. The Morgan fingerprint density at radius 2 is 2.29 bits per heavy atom. The molecule has 2 bridgehead atoms. The second kappa shape index (κ2) is 3.20. The number of carbonyl (C=O) groups excluding carboxylic acids is 1. The van der Waals surface area contributed by atoms with E-state index in [0.717, 1.165) is 24.0 Å². The molecule has 3 aliphatic carbocycles. The summed E-state index contributed by atoms with van der Waals surface area (Å²) in [5, 5.41) is 0. The quantitative estimate of drug-likeness (QED) is 0.503. The maximum absolute atomic E-state index is 10.3. The second-order valence-corrected chi connectivity index (χ2v) is 4.84. The van der Waals surface area contributed by atoms with Gasteiger partial charge in [-0.2, -0.15) is 0 Å². The Kier molecular flexibility index (Phi) is 1.98. The fourth-order valence-corrected chi connectivity index (χ4v) is 3.84. The molecule has 5 unspecified atom stereocenters. The third kappa shape index (κ3) is 1.10. The van der Waals surface area contributed by atoms with E-state index in [9.17, 15) is 4.79 Å². The lowest BCUT2D eigenvalue weighted by atomic mass is 9.80. The Hall–Kier alpha value is -0.630. The largest absolute Gasteiger partial charge is 0.370 e. The predicted octanol–water partition coefficient (Wildman–Crippen LogP) is 1.80. The van der Waals surface area contributed by atoms with Gasteiger partial charge in [0.05, 0.1) is 6.10 Å². The van der Waals surface area contributed by atoms with Crippen LogP contribution in [-0.2, 0) is 9.53 Å². The highest BCUT2D eigenvalue weighted by molar-refractivity contribution is 5.50. The Labute approximate surface area is 84.3 Å². The van der Waals surface area contributed by atoms with Crippen molar-refractivity contribution in [3.63, 3.8) is 0 Å². The average molecular weight is 192 g/mol. The smallest absolute Gasteiger partial charge is 0.145 e. The molecule has 2 fully saturated rings. The first-order valence-electron chi connectivity index (χ1n) is 5.62. The Balaban J connectivity index is 1.70. The molecule has 14 heavy (non-hydrogen) atoms. The second-order valence-electron chi connectivity index (χ2n) is 4.84. The molecule has 0 aromatic rings. The molecule has 0 saturated heterocycles. The van der Waals surface area contributed by atoms with E-state index in [1.807, 2.05) is 0 Å². The van der Waals surface area contributed by atoms with Crippen LogP contribution in [0.2, 0.25) is 0 Å². The number of carbonyl (C=O) groups is 1. The van der Waals surface area contributed by atoms with Gasteiger partial charge in [-0.3, -0.25) is 0 Å². The molecule has 3 aliphatic rings. The summed E-state index contributed by atoms with van der Waals surface area (Å²) in [6.45, 7) is 0.287. The molecule has 0 aromatic heterocycles. The van der Waals surface area contributed by atoms with Crippen molar-refractivity contribution in [1.82, 2.24) is 0 Å². The number of hydrogen-bond donors (Lipinski definition) is 0. The van der Waals surface area contributed by atoms with Crippen LogP contribution in [0.25, 0.3) is 0 Å². The summed E-state index contributed by atoms with van der Waals surface area (Å²) < 4.78 is 5.59. The van der Waals surface area contributed by atoms with Crippen LogP contribution in [0.5, 0.6) is 0 Å². The van der Waals surface area contributed by atoms with Crippen molar-refractivity contribution in [1.29, 1.82) is 0 Å². The van der Waals surface area contributed by atoms with Gasteiger partial charge in [0.2, 0.25) is 0 Å². The molecule has 0 N–H and O–H groups in total. The molecule has 0 spiro atoms. The SMILES string of the molecule is O=CCOC1CC2CC1C1C=CCC21. The molecule has 5 atom stereocenters. The average Bonchev–Trinajstić information content (AvgIpc) is 2.85. The van der Waals surface area contributed by atoms with E-state index in [1.54, 1.807) is 0 Å². The van der Waals surface area contributed by atoms with Gasteiger partial charge in [-0.1, -0.05) is 12.2 Å². The number of allylic oxidation sites excluding steroid dienone is 2. The van der Waals surface area contributed by atoms with Crippen LogP contribution in [-0.4, -0.2) is 19.0 Å². The van der Waals surface area contributed by atoms with E-state index >= 15 is 0 Å². The lowest BCUT2D eigenvalue weighted by Crippen LogP contribution is -2.30. The van der Waals surface area contributed by atoms with Crippen molar-refractivity contribution in [3.05, 3.63) is 12.2 Å². The summed E-state index contributed by atoms with van der Waals surface area (Å²) in [6, 6.07) is 0. The van der Waals surface area contributed by atoms with Crippen molar-refractivity contribution in [3.8, 4) is 0 Å². The number of rotatable bonds is 3. The molecular formula is C12H16O2. The highest BCUT2D eigenvalue weighted by atomic mass is 16.5. The van der Waals surface area contributed by atoms with Crippen molar-refractivity contribution in [2.24, 2.45) is 23.7 Å². The first-order valence-corrected chi connectivity index (χ1v) is 5.62. The van der Waals surface area contributed by atoms with Gasteiger partial charge in [-0.15, -0.1) is 0 Å². The normalized spacial score (nSPS) is 48.4. The zero-order valence-corrected chi connectivity index (χ0v) is 8.26. The van der Waals surface area contributed by atoms with E-state index in [2.05, 4.69) is 12.2 Å². The van der Waals surface area contributed by atoms with Gasteiger partial charge < -0.3 is 9.53 Å². The number of hydrogen-bond acceptors (Lipinski definition) is 2. The van der Waals surface area contributed by atoms with Gasteiger partial charge in [-0.05, 0) is 42.9 Å². The topological polar surface area (TPSA) is 26.3 Å². The summed E-state index contributed by atoms with van der Waals surface area (Å²) in [6.07, 6.45) is 9.77. The van der Waals surface area contributed by atoms with Gasteiger partial charge >= 0.3 is 0 Å². The summed E-state index contributed by atoms with van der Waals surface area (Å²) in [7, 11) is 0.